The average Bonchev–Trinajstić information content (AvgIpc) is 2.45. The zero-order valence-corrected chi connectivity index (χ0v) is 10.4. The van der Waals surface area contributed by atoms with Gasteiger partial charge in [-0.05, 0) is 11.6 Å². The Balaban J connectivity index is 2.35. The lowest BCUT2D eigenvalue weighted by atomic mass is 10.1. The van der Waals surface area contributed by atoms with Crippen molar-refractivity contribution < 1.29 is 14.8 Å². The monoisotopic (exact) mass is 272 g/mol. The first kappa shape index (κ1) is 13.5. The molecule has 0 aliphatic carbocycles. The molecular formula is C14H12N2O4. The highest BCUT2D eigenvalue weighted by atomic mass is 16.6. The number of hydrogen-bond acceptors (Lipinski definition) is 4. The summed E-state index contributed by atoms with van der Waals surface area (Å²) in [7, 11) is 0. The molecule has 0 aromatic heterocycles. The molecule has 1 unspecified atom stereocenters. The third kappa shape index (κ3) is 2.92. The Morgan fingerprint density at radius 1 is 1.10 bits per heavy atom. The highest BCUT2D eigenvalue weighted by molar-refractivity contribution is 5.80. The van der Waals surface area contributed by atoms with Gasteiger partial charge in [-0.3, -0.25) is 10.1 Å². The number of nitro benzene ring substituents is 1. The van der Waals surface area contributed by atoms with Crippen LogP contribution in [0.3, 0.4) is 0 Å². The van der Waals surface area contributed by atoms with Gasteiger partial charge >= 0.3 is 5.97 Å². The summed E-state index contributed by atoms with van der Waals surface area (Å²) >= 11 is 0. The van der Waals surface area contributed by atoms with Crippen LogP contribution in [0.1, 0.15) is 11.6 Å². The Hall–Kier alpha value is -2.89. The van der Waals surface area contributed by atoms with Crippen molar-refractivity contribution in [2.45, 2.75) is 6.04 Å². The Bertz CT molecular complexity index is 628. The van der Waals surface area contributed by atoms with Crippen LogP contribution in [0.15, 0.2) is 54.6 Å². The second-order valence-corrected chi connectivity index (χ2v) is 4.10. The molecule has 0 bridgehead atoms. The van der Waals surface area contributed by atoms with Crippen LogP contribution in [-0.4, -0.2) is 16.0 Å². The summed E-state index contributed by atoms with van der Waals surface area (Å²) in [5.74, 6) is -1.10. The highest BCUT2D eigenvalue weighted by Gasteiger charge is 2.22. The van der Waals surface area contributed by atoms with Gasteiger partial charge in [-0.15, -0.1) is 0 Å². The van der Waals surface area contributed by atoms with Gasteiger partial charge in [-0.2, -0.15) is 0 Å². The van der Waals surface area contributed by atoms with Gasteiger partial charge in [0.15, 0.2) is 6.04 Å². The van der Waals surface area contributed by atoms with Crippen molar-refractivity contribution in [1.29, 1.82) is 0 Å². The van der Waals surface area contributed by atoms with Crippen LogP contribution in [-0.2, 0) is 4.79 Å². The van der Waals surface area contributed by atoms with Crippen molar-refractivity contribution >= 4 is 17.3 Å². The molecule has 1 atom stereocenters. The van der Waals surface area contributed by atoms with Crippen molar-refractivity contribution in [3.63, 3.8) is 0 Å². The van der Waals surface area contributed by atoms with Crippen LogP contribution in [0.2, 0.25) is 0 Å². The minimum absolute atomic E-state index is 0.158. The molecule has 0 fully saturated rings. The zero-order chi connectivity index (χ0) is 14.5. The van der Waals surface area contributed by atoms with E-state index in [-0.39, 0.29) is 11.4 Å². The molecule has 0 saturated heterocycles. The van der Waals surface area contributed by atoms with Crippen molar-refractivity contribution in [1.82, 2.24) is 0 Å². The molecule has 0 radical (unpaired) electrons. The van der Waals surface area contributed by atoms with E-state index >= 15 is 0 Å². The average molecular weight is 272 g/mol. The number of nitrogens with one attached hydrogen (secondary N) is 1. The van der Waals surface area contributed by atoms with E-state index in [1.165, 1.54) is 18.2 Å². The van der Waals surface area contributed by atoms with Gasteiger partial charge in [0.25, 0.3) is 5.69 Å². The molecular weight excluding hydrogens is 260 g/mol. The van der Waals surface area contributed by atoms with Gasteiger partial charge in [0.1, 0.15) is 5.69 Å². The highest BCUT2D eigenvalue weighted by Crippen LogP contribution is 2.27. The van der Waals surface area contributed by atoms with E-state index in [4.69, 9.17) is 0 Å². The van der Waals surface area contributed by atoms with Crippen molar-refractivity contribution in [2.75, 3.05) is 5.32 Å². The molecule has 0 spiro atoms. The molecule has 6 nitrogen and oxygen atoms in total. The van der Waals surface area contributed by atoms with Gasteiger partial charge in [0.05, 0.1) is 4.92 Å². The number of aliphatic carboxylic acids is 1. The number of nitrogens with zero attached hydrogens (tertiary/aromatic N) is 1. The summed E-state index contributed by atoms with van der Waals surface area (Å²) in [6, 6.07) is 13.4. The molecule has 0 saturated carbocycles. The number of carbonyl (C=O) groups is 1. The van der Waals surface area contributed by atoms with Crippen molar-refractivity contribution in [3.8, 4) is 0 Å². The zero-order valence-electron chi connectivity index (χ0n) is 10.4. The van der Waals surface area contributed by atoms with Gasteiger partial charge in [-0.1, -0.05) is 42.5 Å². The predicted octanol–water partition coefficient (Wildman–Crippen LogP) is 2.83. The maximum atomic E-state index is 11.4. The molecule has 2 N–H and O–H groups in total. The second-order valence-electron chi connectivity index (χ2n) is 4.10. The maximum absolute atomic E-state index is 11.4. The lowest BCUT2D eigenvalue weighted by Crippen LogP contribution is -2.20. The first-order valence-corrected chi connectivity index (χ1v) is 5.87. The van der Waals surface area contributed by atoms with E-state index in [9.17, 15) is 20.0 Å². The van der Waals surface area contributed by atoms with Crippen LogP contribution in [0.5, 0.6) is 0 Å². The minimum Gasteiger partial charge on any atom is -0.479 e. The number of anilines is 1. The molecule has 2 aromatic carbocycles. The molecule has 0 heterocycles. The Morgan fingerprint density at radius 3 is 2.30 bits per heavy atom. The van der Waals surface area contributed by atoms with Crippen molar-refractivity contribution in [2.24, 2.45) is 0 Å². The summed E-state index contributed by atoms with van der Waals surface area (Å²) in [5.41, 5.74) is 0.543. The van der Waals surface area contributed by atoms with E-state index < -0.39 is 16.9 Å². The summed E-state index contributed by atoms with van der Waals surface area (Å²) in [6.45, 7) is 0. The van der Waals surface area contributed by atoms with Crippen LogP contribution in [0.25, 0.3) is 0 Å². The van der Waals surface area contributed by atoms with Crippen LogP contribution < -0.4 is 5.32 Å². The number of para-hydroxylation sites is 2. The standard InChI is InChI=1S/C14H12N2O4/c17-14(18)13(10-6-2-1-3-7-10)15-11-8-4-5-9-12(11)16(19)20/h1-9,13,15H,(H,17,18). The lowest BCUT2D eigenvalue weighted by molar-refractivity contribution is -0.384. The fourth-order valence-corrected chi connectivity index (χ4v) is 1.84. The first-order chi connectivity index (χ1) is 9.59. The number of nitro groups is 1. The van der Waals surface area contributed by atoms with Gasteiger partial charge in [0, 0.05) is 6.07 Å². The first-order valence-electron chi connectivity index (χ1n) is 5.87. The normalized spacial score (nSPS) is 11.6. The second kappa shape index (κ2) is 5.83. The summed E-state index contributed by atoms with van der Waals surface area (Å²) in [5, 5.41) is 22.9. The molecule has 20 heavy (non-hydrogen) atoms. The Morgan fingerprint density at radius 2 is 1.70 bits per heavy atom. The topological polar surface area (TPSA) is 92.5 Å². The quantitative estimate of drug-likeness (QED) is 0.645. The minimum atomic E-state index is -1.10. The van der Waals surface area contributed by atoms with Crippen molar-refractivity contribution in [3.05, 3.63) is 70.3 Å². The fourth-order valence-electron chi connectivity index (χ4n) is 1.84. The summed E-state index contributed by atoms with van der Waals surface area (Å²) < 4.78 is 0. The van der Waals surface area contributed by atoms with Gasteiger partial charge in [0.2, 0.25) is 0 Å². The molecule has 0 aliphatic heterocycles. The largest absolute Gasteiger partial charge is 0.479 e. The van der Waals surface area contributed by atoms with Crippen LogP contribution in [0.4, 0.5) is 11.4 Å². The van der Waals surface area contributed by atoms with Gasteiger partial charge < -0.3 is 10.4 Å². The molecule has 0 aliphatic rings. The molecule has 2 rings (SSSR count). The third-order valence-corrected chi connectivity index (χ3v) is 2.78. The number of carboxylic acid groups (broad SMARTS) is 1. The van der Waals surface area contributed by atoms with E-state index in [1.807, 2.05) is 0 Å². The number of hydrogen-bond donors (Lipinski definition) is 2. The summed E-state index contributed by atoms with van der Waals surface area (Å²) in [4.78, 5) is 21.7. The molecule has 0 amide bonds. The van der Waals surface area contributed by atoms with E-state index in [0.717, 1.165) is 0 Å². The van der Waals surface area contributed by atoms with Crippen LogP contribution in [0, 0.1) is 10.1 Å². The Kier molecular flexibility index (Phi) is 3.95. The lowest BCUT2D eigenvalue weighted by Gasteiger charge is -2.16. The number of carboxylic acids is 1. The molecule has 102 valence electrons. The SMILES string of the molecule is O=C(O)C(Nc1ccccc1[N+](=O)[O-])c1ccccc1. The fraction of sp³-hybridized carbons (Fsp3) is 0.0714. The van der Waals surface area contributed by atoms with E-state index in [2.05, 4.69) is 5.32 Å². The third-order valence-electron chi connectivity index (χ3n) is 2.78. The molecule has 2 aromatic rings. The smallest absolute Gasteiger partial charge is 0.330 e. The predicted molar refractivity (Wildman–Crippen MR) is 73.5 cm³/mol. The van der Waals surface area contributed by atoms with E-state index in [0.29, 0.717) is 5.56 Å². The molecule has 6 heteroatoms. The number of rotatable bonds is 5. The maximum Gasteiger partial charge on any atom is 0.330 e. The number of benzene rings is 2. The van der Waals surface area contributed by atoms with Gasteiger partial charge in [-0.25, -0.2) is 4.79 Å². The Labute approximate surface area is 114 Å². The van der Waals surface area contributed by atoms with E-state index in [1.54, 1.807) is 36.4 Å². The summed E-state index contributed by atoms with van der Waals surface area (Å²) in [6.07, 6.45) is 0. The van der Waals surface area contributed by atoms with Crippen LogP contribution >= 0.6 is 0 Å².